The Bertz CT molecular complexity index is 1310. The van der Waals surface area contributed by atoms with Crippen LogP contribution >= 0.6 is 0 Å². The normalized spacial score (nSPS) is 14.5. The van der Waals surface area contributed by atoms with Crippen LogP contribution < -0.4 is 10.6 Å². The van der Waals surface area contributed by atoms with Crippen molar-refractivity contribution in [3.63, 3.8) is 0 Å². The third kappa shape index (κ3) is 5.60. The molecular formula is C25H25F2N3O3S. The number of hydrogen-bond donors (Lipinski definition) is 2. The van der Waals surface area contributed by atoms with E-state index in [0.29, 0.717) is 5.69 Å². The van der Waals surface area contributed by atoms with Crippen molar-refractivity contribution in [3.05, 3.63) is 94.6 Å². The molecular weight excluding hydrogens is 460 g/mol. The van der Waals surface area contributed by atoms with Gasteiger partial charge >= 0.3 is 6.03 Å². The van der Waals surface area contributed by atoms with Crippen molar-refractivity contribution in [2.24, 2.45) is 0 Å². The monoisotopic (exact) mass is 485 g/mol. The molecule has 9 heteroatoms. The predicted molar refractivity (Wildman–Crippen MR) is 126 cm³/mol. The number of sulfone groups is 1. The second-order valence-electron chi connectivity index (χ2n) is 8.58. The van der Waals surface area contributed by atoms with Gasteiger partial charge in [-0.25, -0.2) is 22.0 Å². The molecule has 1 unspecified atom stereocenters. The van der Waals surface area contributed by atoms with Gasteiger partial charge in [0.2, 0.25) is 0 Å². The molecule has 3 aromatic rings. The molecule has 1 aliphatic heterocycles. The zero-order chi connectivity index (χ0) is 24.5. The number of hydrogen-bond acceptors (Lipinski definition) is 4. The van der Waals surface area contributed by atoms with Gasteiger partial charge in [-0.2, -0.15) is 0 Å². The van der Waals surface area contributed by atoms with E-state index in [-0.39, 0.29) is 16.2 Å². The summed E-state index contributed by atoms with van der Waals surface area (Å²) < 4.78 is 52.6. The van der Waals surface area contributed by atoms with Gasteiger partial charge in [0, 0.05) is 24.8 Å². The van der Waals surface area contributed by atoms with Crippen LogP contribution in [0.5, 0.6) is 0 Å². The van der Waals surface area contributed by atoms with Crippen LogP contribution in [0, 0.1) is 11.6 Å². The lowest BCUT2D eigenvalue weighted by Gasteiger charge is -2.15. The summed E-state index contributed by atoms with van der Waals surface area (Å²) in [5.74, 6) is -1.57. The summed E-state index contributed by atoms with van der Waals surface area (Å²) in [5.41, 5.74) is 3.77. The van der Waals surface area contributed by atoms with Gasteiger partial charge < -0.3 is 10.6 Å². The quantitative estimate of drug-likeness (QED) is 0.527. The molecule has 0 radical (unpaired) electrons. The third-order valence-electron chi connectivity index (χ3n) is 5.71. The van der Waals surface area contributed by atoms with Crippen molar-refractivity contribution in [2.45, 2.75) is 36.7 Å². The van der Waals surface area contributed by atoms with Crippen molar-refractivity contribution in [3.8, 4) is 0 Å². The maximum absolute atomic E-state index is 13.4. The van der Waals surface area contributed by atoms with Crippen molar-refractivity contribution in [2.75, 3.05) is 12.4 Å². The highest BCUT2D eigenvalue weighted by Crippen LogP contribution is 2.25. The first-order valence-electron chi connectivity index (χ1n) is 10.7. The molecule has 0 fully saturated rings. The van der Waals surface area contributed by atoms with Crippen molar-refractivity contribution >= 4 is 21.6 Å². The number of rotatable bonds is 6. The first-order chi connectivity index (χ1) is 16.1. The molecule has 34 heavy (non-hydrogen) atoms. The van der Waals surface area contributed by atoms with Crippen LogP contribution in [-0.2, 0) is 28.7 Å². The molecule has 0 aliphatic carbocycles. The number of amides is 2. The standard InChI is InChI=1S/C25H25F2N3O3S/c1-16(19-10-21(26)12-22(27)11-19)28-25(31)29-23-5-7-24(8-6-23)34(32,33)15-17-3-4-18-13-30(2)14-20(18)9-17/h3-12,16H,13-15H2,1-2H3,(H2,28,29,31). The highest BCUT2D eigenvalue weighted by molar-refractivity contribution is 7.90. The number of benzene rings is 3. The third-order valence-corrected chi connectivity index (χ3v) is 7.42. The summed E-state index contributed by atoms with van der Waals surface area (Å²) in [6.45, 7) is 3.27. The average Bonchev–Trinajstić information content (AvgIpc) is 3.12. The maximum Gasteiger partial charge on any atom is 0.319 e. The number of carbonyl (C=O) groups is 1. The average molecular weight is 486 g/mol. The van der Waals surface area contributed by atoms with Crippen LogP contribution in [0.15, 0.2) is 65.6 Å². The molecule has 0 aromatic heterocycles. The van der Waals surface area contributed by atoms with Gasteiger partial charge in [0.1, 0.15) is 11.6 Å². The highest BCUT2D eigenvalue weighted by atomic mass is 32.2. The highest BCUT2D eigenvalue weighted by Gasteiger charge is 2.20. The van der Waals surface area contributed by atoms with Crippen molar-refractivity contribution in [1.82, 2.24) is 10.2 Å². The lowest BCUT2D eigenvalue weighted by Crippen LogP contribution is -2.31. The second-order valence-corrected chi connectivity index (χ2v) is 10.6. The molecule has 1 heterocycles. The number of nitrogens with zero attached hydrogens (tertiary/aromatic N) is 1. The summed E-state index contributed by atoms with van der Waals surface area (Å²) in [4.78, 5) is 14.6. The van der Waals surface area contributed by atoms with Crippen LogP contribution in [0.2, 0.25) is 0 Å². The zero-order valence-electron chi connectivity index (χ0n) is 18.8. The predicted octanol–water partition coefficient (Wildman–Crippen LogP) is 4.77. The van der Waals surface area contributed by atoms with Crippen molar-refractivity contribution in [1.29, 1.82) is 0 Å². The maximum atomic E-state index is 13.4. The Morgan fingerprint density at radius 3 is 2.29 bits per heavy atom. The molecule has 0 saturated carbocycles. The largest absolute Gasteiger partial charge is 0.331 e. The summed E-state index contributed by atoms with van der Waals surface area (Å²) >= 11 is 0. The minimum absolute atomic E-state index is 0.112. The minimum Gasteiger partial charge on any atom is -0.331 e. The minimum atomic E-state index is -3.57. The summed E-state index contributed by atoms with van der Waals surface area (Å²) in [6, 6.07) is 13.5. The number of carbonyl (C=O) groups excluding carboxylic acids is 1. The number of fused-ring (bicyclic) bond motifs is 1. The Morgan fingerprint density at radius 2 is 1.62 bits per heavy atom. The van der Waals surface area contributed by atoms with Gasteiger partial charge in [-0.15, -0.1) is 0 Å². The van der Waals surface area contributed by atoms with Crippen molar-refractivity contribution < 1.29 is 22.0 Å². The van der Waals surface area contributed by atoms with E-state index in [9.17, 15) is 22.0 Å². The smallest absolute Gasteiger partial charge is 0.319 e. The molecule has 2 N–H and O–H groups in total. The molecule has 4 rings (SSSR count). The Morgan fingerprint density at radius 1 is 0.971 bits per heavy atom. The first-order valence-corrected chi connectivity index (χ1v) is 12.4. The van der Waals surface area contributed by atoms with Crippen LogP contribution in [-0.4, -0.2) is 26.4 Å². The SMILES string of the molecule is CC(NC(=O)Nc1ccc(S(=O)(=O)Cc2ccc3c(c2)CN(C)C3)cc1)c1cc(F)cc(F)c1. The number of nitrogens with one attached hydrogen (secondary N) is 2. The topological polar surface area (TPSA) is 78.5 Å². The van der Waals surface area contributed by atoms with Crippen LogP contribution in [0.25, 0.3) is 0 Å². The fourth-order valence-electron chi connectivity index (χ4n) is 4.03. The summed E-state index contributed by atoms with van der Waals surface area (Å²) in [6.07, 6.45) is 0. The number of halogens is 2. The van der Waals surface area contributed by atoms with E-state index in [1.165, 1.54) is 29.8 Å². The molecule has 1 aliphatic rings. The summed E-state index contributed by atoms with van der Waals surface area (Å²) in [7, 11) is -1.54. The van der Waals surface area contributed by atoms with E-state index in [1.807, 2.05) is 25.2 Å². The molecule has 0 bridgehead atoms. The lowest BCUT2D eigenvalue weighted by molar-refractivity contribution is 0.249. The van der Waals surface area contributed by atoms with Gasteiger partial charge in [-0.05, 0) is 72.6 Å². The van der Waals surface area contributed by atoms with Gasteiger partial charge in [0.25, 0.3) is 0 Å². The van der Waals surface area contributed by atoms with Crippen LogP contribution in [0.1, 0.15) is 35.2 Å². The Labute approximate surface area is 197 Å². The van der Waals surface area contributed by atoms with E-state index in [0.717, 1.165) is 42.4 Å². The van der Waals surface area contributed by atoms with E-state index < -0.39 is 33.5 Å². The fraction of sp³-hybridized carbons (Fsp3) is 0.240. The van der Waals surface area contributed by atoms with Gasteiger partial charge in [-0.3, -0.25) is 4.90 Å². The van der Waals surface area contributed by atoms with Crippen LogP contribution in [0.4, 0.5) is 19.3 Å². The Kier molecular flexibility index (Phi) is 6.67. The second kappa shape index (κ2) is 9.52. The fourth-order valence-corrected chi connectivity index (χ4v) is 5.36. The lowest BCUT2D eigenvalue weighted by atomic mass is 10.1. The molecule has 178 valence electrons. The Hall–Kier alpha value is -3.30. The molecule has 6 nitrogen and oxygen atoms in total. The van der Waals surface area contributed by atoms with Crippen LogP contribution in [0.3, 0.4) is 0 Å². The molecule has 0 spiro atoms. The zero-order valence-corrected chi connectivity index (χ0v) is 19.6. The number of anilines is 1. The molecule has 1 atom stereocenters. The van der Waals surface area contributed by atoms with E-state index >= 15 is 0 Å². The van der Waals surface area contributed by atoms with Gasteiger partial charge in [-0.1, -0.05) is 18.2 Å². The Balaban J connectivity index is 1.38. The first kappa shape index (κ1) is 23.8. The van der Waals surface area contributed by atoms with E-state index in [4.69, 9.17) is 0 Å². The van der Waals surface area contributed by atoms with Gasteiger partial charge in [0.05, 0.1) is 16.7 Å². The number of urea groups is 1. The molecule has 2 amide bonds. The summed E-state index contributed by atoms with van der Waals surface area (Å²) in [5, 5.41) is 5.19. The van der Waals surface area contributed by atoms with E-state index in [1.54, 1.807) is 6.92 Å². The molecule has 3 aromatic carbocycles. The van der Waals surface area contributed by atoms with Gasteiger partial charge in [0.15, 0.2) is 9.84 Å². The van der Waals surface area contributed by atoms with E-state index in [2.05, 4.69) is 15.5 Å². The molecule has 0 saturated heterocycles.